The number of hydrogen-bond acceptors (Lipinski definition) is 6. The molecule has 6 nitrogen and oxygen atoms in total. The van der Waals surface area contributed by atoms with Crippen molar-refractivity contribution in [1.29, 1.82) is 0 Å². The molecule has 0 aliphatic carbocycles. The predicted molar refractivity (Wildman–Crippen MR) is 78.1 cm³/mol. The van der Waals surface area contributed by atoms with Gasteiger partial charge in [-0.05, 0) is 0 Å². The lowest BCUT2D eigenvalue weighted by atomic mass is 9.93. The third-order valence-corrected chi connectivity index (χ3v) is 3.71. The molecular weight excluding hydrogens is 290 g/mol. The van der Waals surface area contributed by atoms with Gasteiger partial charge in [0.15, 0.2) is 0 Å². The Morgan fingerprint density at radius 1 is 1.26 bits per heavy atom. The van der Waals surface area contributed by atoms with E-state index in [1.54, 1.807) is 14.2 Å². The van der Waals surface area contributed by atoms with Crippen molar-refractivity contribution in [1.82, 2.24) is 0 Å². The van der Waals surface area contributed by atoms with Gasteiger partial charge in [-0.25, -0.2) is 0 Å². The van der Waals surface area contributed by atoms with E-state index in [-0.39, 0.29) is 18.2 Å². The Balaban J connectivity index is 2.70. The van der Waals surface area contributed by atoms with Gasteiger partial charge in [-0.2, -0.15) is 0 Å². The molecule has 0 radical (unpaired) electrons. The Labute approximate surface area is 120 Å². The molecule has 1 aliphatic heterocycles. The summed E-state index contributed by atoms with van der Waals surface area (Å²) in [5.74, 6) is 0. The summed E-state index contributed by atoms with van der Waals surface area (Å²) >= 11 is 3.97. The molecule has 1 heterocycles. The van der Waals surface area contributed by atoms with Crippen LogP contribution in [0.25, 0.3) is 0 Å². The highest BCUT2D eigenvalue weighted by molar-refractivity contribution is 8.46. The van der Waals surface area contributed by atoms with Crippen molar-refractivity contribution >= 4 is 26.7 Å². The largest absolute Gasteiger partial charge is 0.382 e. The summed E-state index contributed by atoms with van der Waals surface area (Å²) in [5, 5.41) is 0. The van der Waals surface area contributed by atoms with Crippen LogP contribution in [-0.2, 0) is 28.0 Å². The molecule has 0 amide bonds. The van der Waals surface area contributed by atoms with Crippen LogP contribution in [0.4, 0.5) is 0 Å². The molecule has 0 aromatic heterocycles. The minimum Gasteiger partial charge on any atom is -0.382 e. The van der Waals surface area contributed by atoms with Gasteiger partial charge in [-0.15, -0.1) is 0 Å². The summed E-state index contributed by atoms with van der Waals surface area (Å²) in [6.45, 7) is -0.216. The van der Waals surface area contributed by atoms with Crippen molar-refractivity contribution < 1.29 is 28.0 Å². The van der Waals surface area contributed by atoms with Gasteiger partial charge >= 0.3 is 0 Å². The first kappa shape index (κ1) is 17.5. The number of thiol groups is 1. The van der Waals surface area contributed by atoms with Crippen LogP contribution in [0, 0.1) is 0 Å². The van der Waals surface area contributed by atoms with Gasteiger partial charge < -0.3 is 23.5 Å². The topological polar surface area (TPSA) is 63.2 Å². The number of ether oxygens (including phenoxy) is 4. The van der Waals surface area contributed by atoms with E-state index < -0.39 is 12.7 Å². The van der Waals surface area contributed by atoms with Gasteiger partial charge in [-0.1, -0.05) is 12.2 Å². The van der Waals surface area contributed by atoms with Crippen LogP contribution in [0.2, 0.25) is 0 Å². The standard InChI is InChI=1S/C10H22BO6PS/c1-13-4-5-15-9-8(17-18(3,12)19)7(6-14-2)16-10(9)11/h7-10H,4-6,11H2,1-3H3,(H,12,19)/t7-,8?,9?,10-,18?/m1/s1. The molecule has 3 unspecified atom stereocenters. The van der Waals surface area contributed by atoms with E-state index in [4.69, 9.17) is 23.5 Å². The van der Waals surface area contributed by atoms with Crippen molar-refractivity contribution in [2.45, 2.75) is 24.3 Å². The Kier molecular flexibility index (Phi) is 7.39. The maximum Gasteiger partial charge on any atom is 0.252 e. The van der Waals surface area contributed by atoms with Gasteiger partial charge in [0, 0.05) is 20.9 Å². The highest BCUT2D eigenvalue weighted by Gasteiger charge is 2.45. The first-order chi connectivity index (χ1) is 8.89. The van der Waals surface area contributed by atoms with Crippen LogP contribution >= 0.6 is 18.8 Å². The van der Waals surface area contributed by atoms with E-state index in [0.717, 1.165) is 0 Å². The maximum atomic E-state index is 11.8. The van der Waals surface area contributed by atoms with Crippen LogP contribution in [0.5, 0.6) is 0 Å². The number of hydrogen-bond donors (Lipinski definition) is 1. The quantitative estimate of drug-likeness (QED) is 0.298. The van der Waals surface area contributed by atoms with E-state index in [1.165, 1.54) is 6.66 Å². The monoisotopic (exact) mass is 312 g/mol. The first-order valence-corrected chi connectivity index (χ1v) is 9.35. The van der Waals surface area contributed by atoms with Gasteiger partial charge in [-0.3, -0.25) is 4.57 Å². The van der Waals surface area contributed by atoms with Gasteiger partial charge in [0.2, 0.25) is 0 Å². The molecule has 19 heavy (non-hydrogen) atoms. The van der Waals surface area contributed by atoms with Crippen LogP contribution in [0.1, 0.15) is 0 Å². The number of rotatable bonds is 8. The molecule has 0 N–H and O–H groups in total. The smallest absolute Gasteiger partial charge is 0.252 e. The average molecular weight is 312 g/mol. The van der Waals surface area contributed by atoms with Crippen LogP contribution in [0.3, 0.4) is 0 Å². The third-order valence-electron chi connectivity index (χ3n) is 2.79. The second-order valence-electron chi connectivity index (χ2n) is 4.54. The van der Waals surface area contributed by atoms with Gasteiger partial charge in [0.25, 0.3) is 6.57 Å². The van der Waals surface area contributed by atoms with Crippen molar-refractivity contribution in [3.05, 3.63) is 0 Å². The molecule has 0 bridgehead atoms. The highest BCUT2D eigenvalue weighted by Crippen LogP contribution is 2.50. The molecule has 1 fully saturated rings. The van der Waals surface area contributed by atoms with E-state index in [2.05, 4.69) is 12.2 Å². The molecule has 0 aromatic carbocycles. The second-order valence-corrected chi connectivity index (χ2v) is 8.53. The van der Waals surface area contributed by atoms with Crippen molar-refractivity contribution in [2.75, 3.05) is 40.7 Å². The molecular formula is C10H22BO6PS. The zero-order chi connectivity index (χ0) is 14.5. The van der Waals surface area contributed by atoms with Crippen molar-refractivity contribution in [2.24, 2.45) is 0 Å². The highest BCUT2D eigenvalue weighted by atomic mass is 32.7. The average Bonchev–Trinajstić information content (AvgIpc) is 2.56. The Hall–Kier alpha value is 0.445. The molecule has 1 saturated heterocycles. The lowest BCUT2D eigenvalue weighted by molar-refractivity contribution is -0.0312. The van der Waals surface area contributed by atoms with E-state index in [0.29, 0.717) is 19.8 Å². The molecule has 5 atom stereocenters. The fraction of sp³-hybridized carbons (Fsp3) is 1.00. The summed E-state index contributed by atoms with van der Waals surface area (Å²) in [6, 6.07) is -0.165. The molecule has 0 spiro atoms. The zero-order valence-electron chi connectivity index (χ0n) is 11.8. The van der Waals surface area contributed by atoms with Crippen molar-refractivity contribution in [3.8, 4) is 0 Å². The minimum atomic E-state index is -2.93. The van der Waals surface area contributed by atoms with E-state index >= 15 is 0 Å². The van der Waals surface area contributed by atoms with E-state index in [1.807, 2.05) is 7.85 Å². The van der Waals surface area contributed by atoms with Gasteiger partial charge in [0.1, 0.15) is 26.2 Å². The molecule has 0 aromatic rings. The fourth-order valence-electron chi connectivity index (χ4n) is 2.06. The summed E-state index contributed by atoms with van der Waals surface area (Å²) < 4.78 is 38.8. The third kappa shape index (κ3) is 5.75. The zero-order valence-corrected chi connectivity index (χ0v) is 13.6. The lowest BCUT2D eigenvalue weighted by Crippen LogP contribution is -2.38. The molecule has 0 saturated carbocycles. The number of methoxy groups -OCH3 is 2. The second kappa shape index (κ2) is 8.03. The van der Waals surface area contributed by atoms with E-state index in [9.17, 15) is 4.57 Å². The molecule has 1 aliphatic rings. The normalized spacial score (nSPS) is 34.3. The summed E-state index contributed by atoms with van der Waals surface area (Å²) in [4.78, 5) is 0. The Bertz CT molecular complexity index is 314. The summed E-state index contributed by atoms with van der Waals surface area (Å²) in [6.07, 6.45) is -1.08. The summed E-state index contributed by atoms with van der Waals surface area (Å²) in [7, 11) is 5.08. The first-order valence-electron chi connectivity index (χ1n) is 6.12. The van der Waals surface area contributed by atoms with Crippen LogP contribution in [-0.4, -0.2) is 72.9 Å². The van der Waals surface area contributed by atoms with Crippen molar-refractivity contribution in [3.63, 3.8) is 0 Å². The maximum absolute atomic E-state index is 11.8. The van der Waals surface area contributed by atoms with Gasteiger partial charge in [0.05, 0.1) is 25.8 Å². The predicted octanol–water partition coefficient (Wildman–Crippen LogP) is 0.160. The molecule has 9 heteroatoms. The lowest BCUT2D eigenvalue weighted by Gasteiger charge is -2.25. The Morgan fingerprint density at radius 3 is 2.47 bits per heavy atom. The fourth-order valence-corrected chi connectivity index (χ4v) is 3.09. The molecule has 1 rings (SSSR count). The SMILES string of the molecule is B[C@@H]1O[C@H](COC)C(OP(C)(=O)S)C1OCCOC. The van der Waals surface area contributed by atoms with Crippen LogP contribution in [0.15, 0.2) is 0 Å². The molecule has 112 valence electrons. The Morgan fingerprint density at radius 2 is 1.95 bits per heavy atom. The summed E-state index contributed by atoms with van der Waals surface area (Å²) in [5.41, 5.74) is 0. The van der Waals surface area contributed by atoms with Crippen LogP contribution < -0.4 is 0 Å². The minimum absolute atomic E-state index is 0.165.